The fraction of sp³-hybridized carbons (Fsp3) is 0.412. The van der Waals surface area contributed by atoms with E-state index >= 15 is 0 Å². The van der Waals surface area contributed by atoms with E-state index in [9.17, 15) is 0 Å². The zero-order valence-electron chi connectivity index (χ0n) is 12.3. The maximum absolute atomic E-state index is 6.06. The number of aryl methyl sites for hydroxylation is 2. The van der Waals surface area contributed by atoms with Gasteiger partial charge in [0.05, 0.1) is 10.2 Å². The molecule has 21 heavy (non-hydrogen) atoms. The lowest BCUT2D eigenvalue weighted by Crippen LogP contribution is -2.17. The lowest BCUT2D eigenvalue weighted by Gasteiger charge is -2.24. The molecule has 0 radical (unpaired) electrons. The fourth-order valence-electron chi connectivity index (χ4n) is 3.04. The van der Waals surface area contributed by atoms with Crippen LogP contribution >= 0.6 is 15.9 Å². The Bertz CT molecular complexity index is 654. The molecule has 1 atom stereocenters. The topological polar surface area (TPSA) is 51.8 Å². The van der Waals surface area contributed by atoms with Crippen LogP contribution in [0.3, 0.4) is 0 Å². The largest absolute Gasteiger partial charge is 0.383 e. The third kappa shape index (κ3) is 2.95. The summed E-state index contributed by atoms with van der Waals surface area (Å²) >= 11 is 3.52. The fourth-order valence-corrected chi connectivity index (χ4v) is 3.41. The Hall–Kier alpha value is -1.42. The molecule has 0 amide bonds. The summed E-state index contributed by atoms with van der Waals surface area (Å²) in [6.07, 6.45) is 5.21. The molecule has 1 aromatic heterocycles. The van der Waals surface area contributed by atoms with Gasteiger partial charge in [0.15, 0.2) is 0 Å². The predicted octanol–water partition coefficient (Wildman–Crippen LogP) is 4.05. The minimum absolute atomic E-state index is 0.380. The molecule has 0 fully saturated rings. The number of nitrogens with two attached hydrogens (primary N) is 1. The van der Waals surface area contributed by atoms with E-state index in [-0.39, 0.29) is 0 Å². The van der Waals surface area contributed by atoms with Crippen LogP contribution in [0.1, 0.15) is 48.3 Å². The van der Waals surface area contributed by atoms with Crippen molar-refractivity contribution in [3.63, 3.8) is 0 Å². The summed E-state index contributed by atoms with van der Waals surface area (Å²) in [6, 6.07) is 8.68. The van der Waals surface area contributed by atoms with Gasteiger partial charge in [0.1, 0.15) is 11.6 Å². The van der Waals surface area contributed by atoms with Crippen molar-refractivity contribution in [1.82, 2.24) is 9.97 Å². The van der Waals surface area contributed by atoms with Gasteiger partial charge in [0.25, 0.3) is 0 Å². The molecular weight excluding hydrogens is 326 g/mol. The van der Waals surface area contributed by atoms with E-state index in [1.54, 1.807) is 0 Å². The Balaban J connectivity index is 1.91. The van der Waals surface area contributed by atoms with Gasteiger partial charge in [-0.05, 0) is 52.7 Å². The first kappa shape index (κ1) is 14.5. The van der Waals surface area contributed by atoms with Crippen LogP contribution in [0.15, 0.2) is 28.7 Å². The molecule has 0 saturated heterocycles. The third-order valence-electron chi connectivity index (χ3n) is 4.16. The molecule has 3 rings (SSSR count). The Kier molecular flexibility index (Phi) is 4.24. The molecule has 0 spiro atoms. The number of rotatable bonds is 3. The van der Waals surface area contributed by atoms with E-state index in [0.717, 1.165) is 48.1 Å². The maximum atomic E-state index is 6.06. The standard InChI is InChI=1S/C17H20BrN3/c1-2-5-14-15(18)16(19)21-17(20-14)13-9-8-11-6-3-4-7-12(11)10-13/h3-4,6-7,13H,2,5,8-10H2,1H3,(H2,19,20,21). The number of nitrogen functional groups attached to an aromatic ring is 1. The van der Waals surface area contributed by atoms with Gasteiger partial charge in [-0.15, -0.1) is 0 Å². The summed E-state index contributed by atoms with van der Waals surface area (Å²) in [5.41, 5.74) is 9.99. The number of hydrogen-bond acceptors (Lipinski definition) is 3. The van der Waals surface area contributed by atoms with Crippen molar-refractivity contribution >= 4 is 21.7 Å². The minimum atomic E-state index is 0.380. The van der Waals surface area contributed by atoms with Crippen LogP contribution in [0, 0.1) is 0 Å². The van der Waals surface area contributed by atoms with Crippen molar-refractivity contribution in [2.24, 2.45) is 0 Å². The third-order valence-corrected chi connectivity index (χ3v) is 5.03. The number of nitrogens with zero attached hydrogens (tertiary/aromatic N) is 2. The lowest BCUT2D eigenvalue weighted by atomic mass is 9.83. The molecule has 1 aliphatic rings. The van der Waals surface area contributed by atoms with Gasteiger partial charge in [-0.2, -0.15) is 0 Å². The van der Waals surface area contributed by atoms with Gasteiger partial charge >= 0.3 is 0 Å². The van der Waals surface area contributed by atoms with Gasteiger partial charge in [-0.1, -0.05) is 37.6 Å². The number of aromatic nitrogens is 2. The van der Waals surface area contributed by atoms with Crippen LogP contribution < -0.4 is 5.73 Å². The Morgan fingerprint density at radius 3 is 2.76 bits per heavy atom. The normalized spacial score (nSPS) is 17.5. The average Bonchev–Trinajstić information content (AvgIpc) is 2.51. The quantitative estimate of drug-likeness (QED) is 0.912. The van der Waals surface area contributed by atoms with Gasteiger partial charge in [0.2, 0.25) is 0 Å². The van der Waals surface area contributed by atoms with Crippen molar-refractivity contribution in [3.05, 3.63) is 51.4 Å². The summed E-state index contributed by atoms with van der Waals surface area (Å²) < 4.78 is 0.865. The first-order valence-corrected chi connectivity index (χ1v) is 8.37. The maximum Gasteiger partial charge on any atom is 0.141 e. The van der Waals surface area contributed by atoms with Gasteiger partial charge in [-0.25, -0.2) is 9.97 Å². The van der Waals surface area contributed by atoms with E-state index in [2.05, 4.69) is 52.1 Å². The first-order chi connectivity index (χ1) is 10.2. The number of anilines is 1. The highest BCUT2D eigenvalue weighted by Gasteiger charge is 2.23. The van der Waals surface area contributed by atoms with Crippen LogP contribution in [0.5, 0.6) is 0 Å². The molecule has 1 aromatic carbocycles. The zero-order chi connectivity index (χ0) is 14.8. The number of hydrogen-bond donors (Lipinski definition) is 1. The highest BCUT2D eigenvalue weighted by atomic mass is 79.9. The average molecular weight is 346 g/mol. The van der Waals surface area contributed by atoms with Crippen LogP contribution in [-0.2, 0) is 19.3 Å². The van der Waals surface area contributed by atoms with Crippen molar-refractivity contribution in [1.29, 1.82) is 0 Å². The Morgan fingerprint density at radius 1 is 1.24 bits per heavy atom. The lowest BCUT2D eigenvalue weighted by molar-refractivity contribution is 0.552. The first-order valence-electron chi connectivity index (χ1n) is 7.57. The molecule has 1 heterocycles. The molecule has 0 aliphatic heterocycles. The molecular formula is C17H20BrN3. The highest BCUT2D eigenvalue weighted by Crippen LogP contribution is 2.33. The van der Waals surface area contributed by atoms with Gasteiger partial charge in [0, 0.05) is 5.92 Å². The van der Waals surface area contributed by atoms with Crippen molar-refractivity contribution in [3.8, 4) is 0 Å². The molecule has 1 aliphatic carbocycles. The van der Waals surface area contributed by atoms with E-state index in [1.807, 2.05) is 0 Å². The molecule has 4 heteroatoms. The smallest absolute Gasteiger partial charge is 0.141 e. The Labute approximate surface area is 134 Å². The van der Waals surface area contributed by atoms with E-state index < -0.39 is 0 Å². The highest BCUT2D eigenvalue weighted by molar-refractivity contribution is 9.10. The number of benzene rings is 1. The molecule has 0 saturated carbocycles. The monoisotopic (exact) mass is 345 g/mol. The second kappa shape index (κ2) is 6.14. The van der Waals surface area contributed by atoms with Crippen LogP contribution in [0.2, 0.25) is 0 Å². The summed E-state index contributed by atoms with van der Waals surface area (Å²) in [5.74, 6) is 1.86. The van der Waals surface area contributed by atoms with E-state index in [0.29, 0.717) is 11.7 Å². The van der Waals surface area contributed by atoms with Gasteiger partial charge < -0.3 is 5.73 Å². The van der Waals surface area contributed by atoms with Crippen molar-refractivity contribution < 1.29 is 0 Å². The van der Waals surface area contributed by atoms with Crippen molar-refractivity contribution in [2.75, 3.05) is 5.73 Å². The number of fused-ring (bicyclic) bond motifs is 1. The van der Waals surface area contributed by atoms with Crippen LogP contribution in [0.25, 0.3) is 0 Å². The molecule has 110 valence electrons. The molecule has 2 N–H and O–H groups in total. The SMILES string of the molecule is CCCc1nc(C2CCc3ccccc3C2)nc(N)c1Br. The predicted molar refractivity (Wildman–Crippen MR) is 89.3 cm³/mol. The van der Waals surface area contributed by atoms with Crippen LogP contribution in [0.4, 0.5) is 5.82 Å². The number of halogens is 1. The summed E-state index contributed by atoms with van der Waals surface area (Å²) in [6.45, 7) is 2.15. The second-order valence-electron chi connectivity index (χ2n) is 5.69. The zero-order valence-corrected chi connectivity index (χ0v) is 13.9. The molecule has 3 nitrogen and oxygen atoms in total. The molecule has 1 unspecified atom stereocenters. The minimum Gasteiger partial charge on any atom is -0.383 e. The molecule has 0 bridgehead atoms. The van der Waals surface area contributed by atoms with Crippen molar-refractivity contribution in [2.45, 2.75) is 44.9 Å². The van der Waals surface area contributed by atoms with Gasteiger partial charge in [-0.3, -0.25) is 0 Å². The summed E-state index contributed by atoms with van der Waals surface area (Å²) in [7, 11) is 0. The van der Waals surface area contributed by atoms with E-state index in [1.165, 1.54) is 11.1 Å². The Morgan fingerprint density at radius 2 is 2.00 bits per heavy atom. The summed E-state index contributed by atoms with van der Waals surface area (Å²) in [4.78, 5) is 9.31. The molecule has 2 aromatic rings. The van der Waals surface area contributed by atoms with Crippen LogP contribution in [-0.4, -0.2) is 9.97 Å². The van der Waals surface area contributed by atoms with E-state index in [4.69, 9.17) is 10.7 Å². The second-order valence-corrected chi connectivity index (χ2v) is 6.48. The summed E-state index contributed by atoms with van der Waals surface area (Å²) in [5, 5.41) is 0.